The second kappa shape index (κ2) is 9.31. The second-order valence-corrected chi connectivity index (χ2v) is 5.32. The normalized spacial score (nSPS) is 9.93. The molecular weight excluding hydrogens is 386 g/mol. The van der Waals surface area contributed by atoms with Gasteiger partial charge in [0.25, 0.3) is 0 Å². The van der Waals surface area contributed by atoms with Crippen LogP contribution in [0.4, 0.5) is 0 Å². The Kier molecular flexibility index (Phi) is 6.85. The average molecular weight is 403 g/mol. The largest absolute Gasteiger partial charge is 0.465 e. The smallest absolute Gasteiger partial charge is 0.357 e. The Morgan fingerprint density at radius 1 is 0.655 bits per heavy atom. The fraction of sp³-hybridized carbons (Fsp3) is 0.211. The summed E-state index contributed by atoms with van der Waals surface area (Å²) in [6.07, 6.45) is 0. The number of esters is 4. The molecule has 10 heteroatoms. The number of nitrogens with zero attached hydrogens (tertiary/aromatic N) is 1. The Hall–Kier alpha value is -3.95. The van der Waals surface area contributed by atoms with Crippen molar-refractivity contribution in [1.29, 1.82) is 0 Å². The van der Waals surface area contributed by atoms with Crippen molar-refractivity contribution in [1.82, 2.24) is 4.98 Å². The zero-order valence-corrected chi connectivity index (χ0v) is 16.0. The lowest BCUT2D eigenvalue weighted by Crippen LogP contribution is -2.14. The van der Waals surface area contributed by atoms with Crippen molar-refractivity contribution < 1.29 is 42.9 Å². The van der Waals surface area contributed by atoms with E-state index in [9.17, 15) is 19.2 Å². The third kappa shape index (κ3) is 4.67. The summed E-state index contributed by atoms with van der Waals surface area (Å²) in [5.74, 6) is -3.11. The molecule has 0 amide bonds. The summed E-state index contributed by atoms with van der Waals surface area (Å²) in [6, 6.07) is 6.57. The third-order valence-electron chi connectivity index (χ3n) is 3.68. The number of benzene rings is 1. The van der Waals surface area contributed by atoms with E-state index in [1.807, 2.05) is 0 Å². The molecule has 0 bridgehead atoms. The molecule has 2 rings (SSSR count). The van der Waals surface area contributed by atoms with Gasteiger partial charge in [-0.3, -0.25) is 0 Å². The summed E-state index contributed by atoms with van der Waals surface area (Å²) in [5, 5.41) is 0. The monoisotopic (exact) mass is 403 g/mol. The molecule has 0 spiro atoms. The summed E-state index contributed by atoms with van der Waals surface area (Å²) in [7, 11) is 4.62. The van der Waals surface area contributed by atoms with Gasteiger partial charge in [-0.2, -0.15) is 0 Å². The fourth-order valence-corrected chi connectivity index (χ4v) is 2.30. The molecule has 0 unspecified atom stereocenters. The van der Waals surface area contributed by atoms with Crippen molar-refractivity contribution in [3.63, 3.8) is 0 Å². The van der Waals surface area contributed by atoms with Crippen molar-refractivity contribution in [2.24, 2.45) is 0 Å². The van der Waals surface area contributed by atoms with Crippen LogP contribution in [0.15, 0.2) is 30.3 Å². The first kappa shape index (κ1) is 21.4. The van der Waals surface area contributed by atoms with Crippen molar-refractivity contribution in [3.8, 4) is 11.6 Å². The summed E-state index contributed by atoms with van der Waals surface area (Å²) < 4.78 is 24.1. The van der Waals surface area contributed by atoms with E-state index in [4.69, 9.17) is 4.74 Å². The van der Waals surface area contributed by atoms with Crippen LogP contribution in [0, 0.1) is 0 Å². The van der Waals surface area contributed by atoms with Crippen LogP contribution in [0.5, 0.6) is 11.6 Å². The third-order valence-corrected chi connectivity index (χ3v) is 3.68. The highest BCUT2D eigenvalue weighted by molar-refractivity contribution is 6.03. The molecule has 0 saturated heterocycles. The van der Waals surface area contributed by atoms with Crippen LogP contribution in [0.1, 0.15) is 41.6 Å². The van der Waals surface area contributed by atoms with Crippen molar-refractivity contribution in [2.75, 3.05) is 28.4 Å². The van der Waals surface area contributed by atoms with Crippen LogP contribution in [-0.2, 0) is 18.9 Å². The van der Waals surface area contributed by atoms with Crippen LogP contribution in [0.3, 0.4) is 0 Å². The van der Waals surface area contributed by atoms with Gasteiger partial charge in [0.2, 0.25) is 5.88 Å². The molecular formula is C19H17NO9. The maximum absolute atomic E-state index is 12.0. The van der Waals surface area contributed by atoms with Gasteiger partial charge in [0.05, 0.1) is 45.1 Å². The highest BCUT2D eigenvalue weighted by atomic mass is 16.5. The zero-order valence-electron chi connectivity index (χ0n) is 16.0. The maximum atomic E-state index is 12.0. The van der Waals surface area contributed by atoms with Gasteiger partial charge in [-0.25, -0.2) is 24.2 Å². The first-order chi connectivity index (χ1) is 13.9. The Morgan fingerprint density at radius 2 is 1.17 bits per heavy atom. The molecule has 2 aromatic rings. The van der Waals surface area contributed by atoms with Crippen molar-refractivity contribution >= 4 is 23.9 Å². The number of carbonyl (C=O) groups excluding carboxylic acids is 4. The standard InChI is InChI=1S/C19H17NO9/c1-25-16(21)11-6-5-10(9-13(11)18(23)27-3)29-14-8-7-12(17(22)26-2)15(20-14)19(24)28-4/h5-9H,1-4H3. The van der Waals surface area contributed by atoms with Crippen molar-refractivity contribution in [2.45, 2.75) is 0 Å². The van der Waals surface area contributed by atoms with Gasteiger partial charge < -0.3 is 23.7 Å². The highest BCUT2D eigenvalue weighted by Crippen LogP contribution is 2.25. The molecule has 0 saturated carbocycles. The molecule has 10 nitrogen and oxygen atoms in total. The van der Waals surface area contributed by atoms with Gasteiger partial charge in [0.1, 0.15) is 5.75 Å². The van der Waals surface area contributed by atoms with Gasteiger partial charge in [0, 0.05) is 6.07 Å². The van der Waals surface area contributed by atoms with E-state index in [1.54, 1.807) is 0 Å². The Bertz CT molecular complexity index is 891. The molecule has 0 N–H and O–H groups in total. The summed E-state index contributed by atoms with van der Waals surface area (Å²) >= 11 is 0. The number of ether oxygens (including phenoxy) is 5. The van der Waals surface area contributed by atoms with Crippen LogP contribution >= 0.6 is 0 Å². The fourth-order valence-electron chi connectivity index (χ4n) is 2.30. The van der Waals surface area contributed by atoms with E-state index < -0.39 is 23.9 Å². The topological polar surface area (TPSA) is 127 Å². The molecule has 0 atom stereocenters. The van der Waals surface area contributed by atoms with Gasteiger partial charge in [-0.15, -0.1) is 0 Å². The lowest BCUT2D eigenvalue weighted by Gasteiger charge is -2.11. The number of rotatable bonds is 6. The van der Waals surface area contributed by atoms with E-state index >= 15 is 0 Å². The van der Waals surface area contributed by atoms with Crippen LogP contribution in [0.25, 0.3) is 0 Å². The number of pyridine rings is 1. The average Bonchev–Trinajstić information content (AvgIpc) is 2.76. The van der Waals surface area contributed by atoms with E-state index in [2.05, 4.69) is 23.9 Å². The Morgan fingerprint density at radius 3 is 1.76 bits per heavy atom. The van der Waals surface area contributed by atoms with E-state index in [0.717, 1.165) is 21.3 Å². The van der Waals surface area contributed by atoms with Crippen molar-refractivity contribution in [3.05, 3.63) is 52.7 Å². The van der Waals surface area contributed by atoms with Gasteiger partial charge in [-0.05, 0) is 24.3 Å². The van der Waals surface area contributed by atoms with Gasteiger partial charge in [-0.1, -0.05) is 0 Å². The molecule has 152 valence electrons. The Balaban J connectivity index is 2.45. The minimum Gasteiger partial charge on any atom is -0.465 e. The van der Waals surface area contributed by atoms with E-state index in [0.29, 0.717) is 0 Å². The predicted molar refractivity (Wildman–Crippen MR) is 96.1 cm³/mol. The molecule has 0 radical (unpaired) electrons. The van der Waals surface area contributed by atoms with Crippen LogP contribution in [-0.4, -0.2) is 57.3 Å². The highest BCUT2D eigenvalue weighted by Gasteiger charge is 2.23. The summed E-state index contributed by atoms with van der Waals surface area (Å²) in [6.45, 7) is 0. The van der Waals surface area contributed by atoms with Gasteiger partial charge >= 0.3 is 23.9 Å². The molecule has 1 aromatic heterocycles. The number of methoxy groups -OCH3 is 4. The molecule has 0 aliphatic heterocycles. The zero-order chi connectivity index (χ0) is 21.6. The lowest BCUT2D eigenvalue weighted by atomic mass is 10.1. The van der Waals surface area contributed by atoms with E-state index in [1.165, 1.54) is 37.4 Å². The second-order valence-electron chi connectivity index (χ2n) is 5.32. The minimum atomic E-state index is -0.868. The number of hydrogen-bond acceptors (Lipinski definition) is 10. The SMILES string of the molecule is COC(=O)c1ccc(Oc2ccc(C(=O)OC)c(C(=O)OC)n2)cc1C(=O)OC. The first-order valence-electron chi connectivity index (χ1n) is 8.02. The molecule has 0 aliphatic rings. The van der Waals surface area contributed by atoms with Crippen LogP contribution < -0.4 is 4.74 Å². The minimum absolute atomic E-state index is 0.0176. The summed E-state index contributed by atoms with van der Waals surface area (Å²) in [5.41, 5.74) is -0.522. The lowest BCUT2D eigenvalue weighted by molar-refractivity contribution is 0.0549. The predicted octanol–water partition coefficient (Wildman–Crippen LogP) is 2.02. The van der Waals surface area contributed by atoms with E-state index in [-0.39, 0.29) is 34.0 Å². The number of aromatic nitrogens is 1. The summed E-state index contributed by atoms with van der Waals surface area (Å²) in [4.78, 5) is 51.5. The molecule has 0 aliphatic carbocycles. The quantitative estimate of drug-likeness (QED) is 0.522. The maximum Gasteiger partial charge on any atom is 0.357 e. The molecule has 29 heavy (non-hydrogen) atoms. The number of hydrogen-bond donors (Lipinski definition) is 0. The Labute approximate surface area is 165 Å². The molecule has 0 fully saturated rings. The molecule has 1 aromatic carbocycles. The number of carbonyl (C=O) groups is 4. The first-order valence-corrected chi connectivity index (χ1v) is 8.02. The van der Waals surface area contributed by atoms with Crippen LogP contribution in [0.2, 0.25) is 0 Å². The van der Waals surface area contributed by atoms with Gasteiger partial charge in [0.15, 0.2) is 5.69 Å². The molecule has 1 heterocycles.